The number of hydrogen-bond acceptors (Lipinski definition) is 2. The third-order valence-electron chi connectivity index (χ3n) is 2.41. The number of halogens is 1. The van der Waals surface area contributed by atoms with Crippen molar-refractivity contribution < 1.29 is 12.8 Å². The van der Waals surface area contributed by atoms with E-state index in [-0.39, 0.29) is 11.4 Å². The second kappa shape index (κ2) is 4.86. The van der Waals surface area contributed by atoms with Crippen LogP contribution >= 0.6 is 0 Å². The number of nitrogens with zero attached hydrogens (tertiary/aromatic N) is 1. The van der Waals surface area contributed by atoms with Crippen molar-refractivity contribution in [2.45, 2.75) is 18.7 Å². The van der Waals surface area contributed by atoms with Gasteiger partial charge in [0.25, 0.3) is 0 Å². The topological polar surface area (TPSA) is 37.4 Å². The molecule has 0 atom stereocenters. The van der Waals surface area contributed by atoms with E-state index >= 15 is 0 Å². The Kier molecular flexibility index (Phi) is 3.91. The average Bonchev–Trinajstić information content (AvgIpc) is 2.15. The maximum absolute atomic E-state index is 13.1. The highest BCUT2D eigenvalue weighted by atomic mass is 32.2. The molecule has 0 heterocycles. The van der Waals surface area contributed by atoms with Crippen LogP contribution in [-0.2, 0) is 10.0 Å². The quantitative estimate of drug-likeness (QED) is 0.771. The van der Waals surface area contributed by atoms with Gasteiger partial charge in [-0.1, -0.05) is 5.92 Å². The van der Waals surface area contributed by atoms with Gasteiger partial charge in [-0.3, -0.25) is 0 Å². The summed E-state index contributed by atoms with van der Waals surface area (Å²) in [6.45, 7) is 3.11. The summed E-state index contributed by atoms with van der Waals surface area (Å²) in [6.07, 6.45) is 5.09. The lowest BCUT2D eigenvalue weighted by Gasteiger charge is -2.17. The number of aryl methyl sites for hydroxylation is 2. The summed E-state index contributed by atoms with van der Waals surface area (Å²) in [5.41, 5.74) is 0.762. The molecule has 0 fully saturated rings. The van der Waals surface area contributed by atoms with Crippen molar-refractivity contribution >= 4 is 10.0 Å². The SMILES string of the molecule is C#CCN(C)S(=O)(=O)c1c(C)cc(F)cc1C. The van der Waals surface area contributed by atoms with E-state index in [1.807, 2.05) is 0 Å². The van der Waals surface area contributed by atoms with Crippen molar-refractivity contribution in [2.75, 3.05) is 13.6 Å². The summed E-state index contributed by atoms with van der Waals surface area (Å²) in [4.78, 5) is 0.122. The lowest BCUT2D eigenvalue weighted by Crippen LogP contribution is -2.28. The summed E-state index contributed by atoms with van der Waals surface area (Å²) in [5.74, 6) is 1.82. The van der Waals surface area contributed by atoms with E-state index in [2.05, 4.69) is 5.92 Å². The zero-order chi connectivity index (χ0) is 13.2. The molecule has 1 aromatic carbocycles. The van der Waals surface area contributed by atoms with Crippen molar-refractivity contribution in [2.24, 2.45) is 0 Å². The van der Waals surface area contributed by atoms with Crippen LogP contribution in [0.4, 0.5) is 4.39 Å². The minimum atomic E-state index is -3.66. The fourth-order valence-electron chi connectivity index (χ4n) is 1.67. The molecule has 0 saturated carbocycles. The van der Waals surface area contributed by atoms with Gasteiger partial charge in [0.15, 0.2) is 0 Å². The van der Waals surface area contributed by atoms with Crippen LogP contribution in [0.15, 0.2) is 17.0 Å². The highest BCUT2D eigenvalue weighted by Gasteiger charge is 2.24. The Balaban J connectivity index is 3.40. The predicted octanol–water partition coefficient (Wildman–Crippen LogP) is 1.70. The van der Waals surface area contributed by atoms with Gasteiger partial charge in [0, 0.05) is 7.05 Å². The predicted molar refractivity (Wildman–Crippen MR) is 64.5 cm³/mol. The first kappa shape index (κ1) is 13.7. The minimum Gasteiger partial charge on any atom is -0.207 e. The summed E-state index contributed by atoms with van der Waals surface area (Å²) in [6, 6.07) is 2.40. The van der Waals surface area contributed by atoms with Crippen molar-refractivity contribution in [1.82, 2.24) is 4.31 Å². The van der Waals surface area contributed by atoms with Crippen LogP contribution in [0.1, 0.15) is 11.1 Å². The van der Waals surface area contributed by atoms with Crippen LogP contribution in [0.25, 0.3) is 0 Å². The molecule has 17 heavy (non-hydrogen) atoms. The van der Waals surface area contributed by atoms with E-state index in [4.69, 9.17) is 6.42 Å². The third-order valence-corrected chi connectivity index (χ3v) is 4.52. The molecule has 3 nitrogen and oxygen atoms in total. The molecule has 0 aliphatic rings. The normalized spacial score (nSPS) is 11.5. The van der Waals surface area contributed by atoms with E-state index in [1.54, 1.807) is 13.8 Å². The number of hydrogen-bond donors (Lipinski definition) is 0. The van der Waals surface area contributed by atoms with Crippen molar-refractivity contribution in [3.63, 3.8) is 0 Å². The Hall–Kier alpha value is -1.38. The van der Waals surface area contributed by atoms with Crippen LogP contribution in [0.2, 0.25) is 0 Å². The van der Waals surface area contributed by atoms with Crippen LogP contribution < -0.4 is 0 Å². The monoisotopic (exact) mass is 255 g/mol. The third kappa shape index (κ3) is 2.65. The molecule has 0 spiro atoms. The first-order chi connectivity index (χ1) is 7.80. The summed E-state index contributed by atoms with van der Waals surface area (Å²) in [5, 5.41) is 0. The molecule has 0 aromatic heterocycles. The molecule has 1 aromatic rings. The van der Waals surface area contributed by atoms with Gasteiger partial charge in [-0.2, -0.15) is 4.31 Å². The number of terminal acetylenes is 1. The smallest absolute Gasteiger partial charge is 0.207 e. The zero-order valence-electron chi connectivity index (χ0n) is 9.99. The molecule has 0 radical (unpaired) electrons. The summed E-state index contributed by atoms with van der Waals surface area (Å²) in [7, 11) is -2.25. The Labute approximate surface area is 101 Å². The average molecular weight is 255 g/mol. The highest BCUT2D eigenvalue weighted by molar-refractivity contribution is 7.89. The van der Waals surface area contributed by atoms with Gasteiger partial charge in [0.1, 0.15) is 5.82 Å². The second-order valence-electron chi connectivity index (χ2n) is 3.83. The molecule has 1 rings (SSSR count). The molecule has 0 unspecified atom stereocenters. The van der Waals surface area contributed by atoms with Crippen molar-refractivity contribution in [1.29, 1.82) is 0 Å². The molecule has 0 aliphatic heterocycles. The van der Waals surface area contributed by atoms with Gasteiger partial charge in [0.05, 0.1) is 11.4 Å². The van der Waals surface area contributed by atoms with E-state index in [1.165, 1.54) is 19.2 Å². The zero-order valence-corrected chi connectivity index (χ0v) is 10.8. The minimum absolute atomic E-state index is 0.0153. The molecule has 92 valence electrons. The molecule has 0 bridgehead atoms. The number of benzene rings is 1. The largest absolute Gasteiger partial charge is 0.244 e. The van der Waals surface area contributed by atoms with Crippen LogP contribution in [-0.4, -0.2) is 26.3 Å². The molecular weight excluding hydrogens is 241 g/mol. The number of sulfonamides is 1. The van der Waals surface area contributed by atoms with E-state index in [0.29, 0.717) is 11.1 Å². The first-order valence-corrected chi connectivity index (χ1v) is 6.41. The van der Waals surface area contributed by atoms with Crippen LogP contribution in [0.3, 0.4) is 0 Å². The van der Waals surface area contributed by atoms with Crippen molar-refractivity contribution in [3.05, 3.63) is 29.1 Å². The molecule has 0 N–H and O–H groups in total. The van der Waals surface area contributed by atoms with Gasteiger partial charge < -0.3 is 0 Å². The first-order valence-electron chi connectivity index (χ1n) is 4.97. The van der Waals surface area contributed by atoms with Crippen LogP contribution in [0, 0.1) is 32.0 Å². The molecule has 0 saturated heterocycles. The highest BCUT2D eigenvalue weighted by Crippen LogP contribution is 2.23. The maximum Gasteiger partial charge on any atom is 0.244 e. The maximum atomic E-state index is 13.1. The van der Waals surface area contributed by atoms with E-state index in [9.17, 15) is 12.8 Å². The Bertz CT molecular complexity index is 550. The fraction of sp³-hybridized carbons (Fsp3) is 0.333. The van der Waals surface area contributed by atoms with E-state index in [0.717, 1.165) is 4.31 Å². The standard InChI is InChI=1S/C12H14FNO2S/c1-5-6-14(4)17(15,16)12-9(2)7-11(13)8-10(12)3/h1,7-8H,6H2,2-4H3. The van der Waals surface area contributed by atoms with Gasteiger partial charge in [0.2, 0.25) is 10.0 Å². The number of rotatable bonds is 3. The van der Waals surface area contributed by atoms with Crippen molar-refractivity contribution in [3.8, 4) is 12.3 Å². The Morgan fingerprint density at radius 3 is 2.24 bits per heavy atom. The molecule has 0 amide bonds. The summed E-state index contributed by atoms with van der Waals surface area (Å²) >= 11 is 0. The fourth-order valence-corrected chi connectivity index (χ4v) is 3.16. The van der Waals surface area contributed by atoms with Gasteiger partial charge in [-0.25, -0.2) is 12.8 Å². The van der Waals surface area contributed by atoms with Gasteiger partial charge in [-0.15, -0.1) is 6.42 Å². The van der Waals surface area contributed by atoms with Gasteiger partial charge in [-0.05, 0) is 37.1 Å². The molecular formula is C12H14FNO2S. The Morgan fingerprint density at radius 1 is 1.35 bits per heavy atom. The lowest BCUT2D eigenvalue weighted by molar-refractivity contribution is 0.501. The lowest BCUT2D eigenvalue weighted by atomic mass is 10.1. The Morgan fingerprint density at radius 2 is 1.82 bits per heavy atom. The second-order valence-corrected chi connectivity index (χ2v) is 5.82. The van der Waals surface area contributed by atoms with Gasteiger partial charge >= 0.3 is 0 Å². The molecule has 5 heteroatoms. The van der Waals surface area contributed by atoms with Crippen LogP contribution in [0.5, 0.6) is 0 Å². The van der Waals surface area contributed by atoms with E-state index < -0.39 is 15.8 Å². The summed E-state index contributed by atoms with van der Waals surface area (Å²) < 4.78 is 38.5. The molecule has 0 aliphatic carbocycles.